The Morgan fingerprint density at radius 1 is 1.03 bits per heavy atom. The van der Waals surface area contributed by atoms with Crippen LogP contribution in [0.1, 0.15) is 41.4 Å². The van der Waals surface area contributed by atoms with E-state index in [4.69, 9.17) is 9.47 Å². The van der Waals surface area contributed by atoms with Crippen LogP contribution in [0.2, 0.25) is 0 Å². The van der Waals surface area contributed by atoms with Crippen molar-refractivity contribution in [2.45, 2.75) is 38.6 Å². The maximum atomic E-state index is 15.0. The number of piperidine rings is 1. The first kappa shape index (κ1) is 22.5. The van der Waals surface area contributed by atoms with E-state index in [0.717, 1.165) is 59.6 Å². The van der Waals surface area contributed by atoms with Crippen molar-refractivity contribution in [2.24, 2.45) is 0 Å². The van der Waals surface area contributed by atoms with Gasteiger partial charge in [0.2, 0.25) is 0 Å². The molecule has 1 aromatic carbocycles. The fourth-order valence-corrected chi connectivity index (χ4v) is 4.99. The van der Waals surface area contributed by atoms with Gasteiger partial charge in [-0.2, -0.15) is 5.10 Å². The minimum Gasteiger partial charge on any atom is -0.494 e. The molecule has 1 N–H and O–H groups in total. The summed E-state index contributed by atoms with van der Waals surface area (Å²) in [5.41, 5.74) is 5.65. The lowest BCUT2D eigenvalue weighted by molar-refractivity contribution is 0.338. The number of rotatable bonds is 6. The van der Waals surface area contributed by atoms with Crippen molar-refractivity contribution in [2.75, 3.05) is 27.3 Å². The van der Waals surface area contributed by atoms with Crippen LogP contribution in [0.4, 0.5) is 8.78 Å². The van der Waals surface area contributed by atoms with Crippen LogP contribution in [-0.2, 0) is 12.8 Å². The molecule has 2 aliphatic rings. The third-order valence-electron chi connectivity index (χ3n) is 6.90. The summed E-state index contributed by atoms with van der Waals surface area (Å²) in [4.78, 5) is 4.67. The molecule has 1 fully saturated rings. The summed E-state index contributed by atoms with van der Waals surface area (Å²) < 4.78 is 42.3. The maximum absolute atomic E-state index is 15.0. The van der Waals surface area contributed by atoms with E-state index in [0.29, 0.717) is 12.5 Å². The molecule has 178 valence electrons. The number of nitrogens with zero attached hydrogens (tertiary/aromatic N) is 3. The van der Waals surface area contributed by atoms with Gasteiger partial charge >= 0.3 is 0 Å². The molecule has 0 bridgehead atoms. The lowest BCUT2D eigenvalue weighted by Gasteiger charge is -2.24. The second-order valence-corrected chi connectivity index (χ2v) is 8.79. The van der Waals surface area contributed by atoms with Crippen LogP contribution in [0.15, 0.2) is 30.6 Å². The Morgan fingerprint density at radius 3 is 2.41 bits per heavy atom. The van der Waals surface area contributed by atoms with Gasteiger partial charge in [0.25, 0.3) is 0 Å². The number of fused-ring (bicyclic) bond motifs is 1. The zero-order valence-electron chi connectivity index (χ0n) is 19.6. The molecule has 1 saturated heterocycles. The number of allylic oxidation sites excluding steroid dienone is 2. The van der Waals surface area contributed by atoms with Gasteiger partial charge in [0.05, 0.1) is 32.2 Å². The highest BCUT2D eigenvalue weighted by Gasteiger charge is 2.25. The monoisotopic (exact) mass is 466 g/mol. The second kappa shape index (κ2) is 9.18. The summed E-state index contributed by atoms with van der Waals surface area (Å²) in [6.07, 6.45) is 8.56. The smallest absolute Gasteiger partial charge is 0.171 e. The van der Waals surface area contributed by atoms with Crippen molar-refractivity contribution >= 4 is 5.57 Å². The van der Waals surface area contributed by atoms with Crippen molar-refractivity contribution < 1.29 is 18.3 Å². The van der Waals surface area contributed by atoms with Gasteiger partial charge in [-0.25, -0.2) is 8.78 Å². The molecule has 0 spiro atoms. The lowest BCUT2D eigenvalue weighted by Crippen LogP contribution is -2.30. The second-order valence-electron chi connectivity index (χ2n) is 8.79. The van der Waals surface area contributed by atoms with Crippen LogP contribution in [0.5, 0.6) is 11.5 Å². The van der Waals surface area contributed by atoms with E-state index in [-0.39, 0.29) is 23.5 Å². The average Bonchev–Trinajstić information content (AvgIpc) is 3.45. The number of halogens is 2. The minimum absolute atomic E-state index is 0.0418. The Kier molecular flexibility index (Phi) is 6.08. The Balaban J connectivity index is 1.47. The summed E-state index contributed by atoms with van der Waals surface area (Å²) in [7, 11) is 2.71. The van der Waals surface area contributed by atoms with E-state index in [1.165, 1.54) is 20.3 Å². The van der Waals surface area contributed by atoms with Crippen LogP contribution >= 0.6 is 0 Å². The quantitative estimate of drug-likeness (QED) is 0.573. The number of benzene rings is 1. The van der Waals surface area contributed by atoms with Gasteiger partial charge in [-0.15, -0.1) is 0 Å². The van der Waals surface area contributed by atoms with Gasteiger partial charge in [-0.1, -0.05) is 6.08 Å². The van der Waals surface area contributed by atoms with Crippen LogP contribution in [0, 0.1) is 18.6 Å². The molecular weight excluding hydrogens is 438 g/mol. The number of hydrogen-bond acceptors (Lipinski definition) is 5. The highest BCUT2D eigenvalue weighted by molar-refractivity contribution is 5.78. The highest BCUT2D eigenvalue weighted by Crippen LogP contribution is 2.38. The summed E-state index contributed by atoms with van der Waals surface area (Å²) in [5.74, 6) is -1.50. The number of nitrogens with one attached hydrogen (secondary N) is 1. The predicted octanol–water partition coefficient (Wildman–Crippen LogP) is 4.66. The molecule has 1 aliphatic carbocycles. The van der Waals surface area contributed by atoms with Crippen LogP contribution in [0.3, 0.4) is 0 Å². The first-order valence-electron chi connectivity index (χ1n) is 11.5. The van der Waals surface area contributed by atoms with Crippen molar-refractivity contribution in [3.05, 3.63) is 64.8 Å². The fraction of sp³-hybridized carbons (Fsp3) is 0.385. The fourth-order valence-electron chi connectivity index (χ4n) is 4.99. The Bertz CT molecular complexity index is 1230. The van der Waals surface area contributed by atoms with Crippen molar-refractivity contribution in [3.63, 3.8) is 0 Å². The summed E-state index contributed by atoms with van der Waals surface area (Å²) in [6.45, 7) is 4.08. The molecule has 0 radical (unpaired) electrons. The average molecular weight is 467 g/mol. The lowest BCUT2D eigenvalue weighted by atomic mass is 9.97. The molecule has 6 nitrogen and oxygen atoms in total. The zero-order valence-corrected chi connectivity index (χ0v) is 19.6. The topological polar surface area (TPSA) is 61.2 Å². The number of hydrogen-bond donors (Lipinski definition) is 1. The Labute approximate surface area is 197 Å². The van der Waals surface area contributed by atoms with E-state index in [1.807, 2.05) is 18.5 Å². The molecule has 34 heavy (non-hydrogen) atoms. The van der Waals surface area contributed by atoms with E-state index in [2.05, 4.69) is 33.1 Å². The summed E-state index contributed by atoms with van der Waals surface area (Å²) >= 11 is 0. The molecule has 0 amide bonds. The van der Waals surface area contributed by atoms with Crippen molar-refractivity contribution in [1.29, 1.82) is 0 Å². The van der Waals surface area contributed by atoms with E-state index >= 15 is 0 Å². The SMILES string of the molecule is COc1cc(OC)c(F)c(CC2=CCc3ncc(-c4cnn(C5CCNCC5)c4C)cc32)c1F. The third kappa shape index (κ3) is 3.86. The highest BCUT2D eigenvalue weighted by atomic mass is 19.1. The zero-order chi connectivity index (χ0) is 23.8. The van der Waals surface area contributed by atoms with Gasteiger partial charge < -0.3 is 14.8 Å². The van der Waals surface area contributed by atoms with Crippen LogP contribution in [-0.4, -0.2) is 42.1 Å². The molecule has 8 heteroatoms. The molecule has 0 atom stereocenters. The first-order valence-corrected chi connectivity index (χ1v) is 11.5. The normalized spacial score (nSPS) is 15.9. The van der Waals surface area contributed by atoms with Gasteiger partial charge in [-0.3, -0.25) is 9.67 Å². The van der Waals surface area contributed by atoms with Crippen molar-refractivity contribution in [1.82, 2.24) is 20.1 Å². The number of aromatic nitrogens is 3. The molecule has 1 aliphatic heterocycles. The van der Waals surface area contributed by atoms with Gasteiger partial charge in [0.1, 0.15) is 0 Å². The van der Waals surface area contributed by atoms with E-state index < -0.39 is 11.6 Å². The molecule has 3 heterocycles. The van der Waals surface area contributed by atoms with E-state index in [1.54, 1.807) is 0 Å². The maximum Gasteiger partial charge on any atom is 0.171 e. The molecule has 5 rings (SSSR count). The standard InChI is InChI=1S/C26H28F2N4O2/c1-15-21(14-31-32(15)18-6-8-29-9-7-18)17-11-19-16(4-5-22(19)30-13-17)10-20-25(27)23(33-2)12-24(34-3)26(20)28/h4,11-14,18,29H,5-10H2,1-3H3. The molecular formula is C26H28F2N4O2. The molecule has 3 aromatic rings. The number of pyridine rings is 1. The van der Waals surface area contributed by atoms with Gasteiger partial charge in [0.15, 0.2) is 23.1 Å². The number of methoxy groups -OCH3 is 2. The van der Waals surface area contributed by atoms with Gasteiger partial charge in [-0.05, 0) is 44.5 Å². The Morgan fingerprint density at radius 2 is 1.74 bits per heavy atom. The molecule has 0 saturated carbocycles. The Hall–Kier alpha value is -3.26. The van der Waals surface area contributed by atoms with Crippen LogP contribution in [0.25, 0.3) is 16.7 Å². The van der Waals surface area contributed by atoms with Crippen molar-refractivity contribution in [3.8, 4) is 22.6 Å². The summed E-state index contributed by atoms with van der Waals surface area (Å²) in [5, 5.41) is 8.07. The molecule has 2 aromatic heterocycles. The minimum atomic E-state index is -0.710. The van der Waals surface area contributed by atoms with Crippen LogP contribution < -0.4 is 14.8 Å². The third-order valence-corrected chi connectivity index (χ3v) is 6.90. The predicted molar refractivity (Wildman–Crippen MR) is 126 cm³/mol. The number of ether oxygens (including phenoxy) is 2. The van der Waals surface area contributed by atoms with Gasteiger partial charge in [0, 0.05) is 53.1 Å². The first-order chi connectivity index (χ1) is 16.5. The summed E-state index contributed by atoms with van der Waals surface area (Å²) in [6, 6.07) is 3.68. The largest absolute Gasteiger partial charge is 0.494 e. The molecule has 0 unspecified atom stereocenters. The van der Waals surface area contributed by atoms with E-state index in [9.17, 15) is 8.78 Å².